The van der Waals surface area contributed by atoms with E-state index in [0.29, 0.717) is 16.0 Å². The number of aromatic carboxylic acids is 1. The number of nitrogens with zero attached hydrogens (tertiary/aromatic N) is 1. The third-order valence-corrected chi connectivity index (χ3v) is 3.51. The summed E-state index contributed by atoms with van der Waals surface area (Å²) < 4.78 is 0.553. The molecule has 2 rings (SSSR count). The molecular weight excluding hydrogens is 258 g/mol. The molecule has 0 bridgehead atoms. The molecule has 1 fully saturated rings. The van der Waals surface area contributed by atoms with E-state index in [1.807, 2.05) is 0 Å². The van der Waals surface area contributed by atoms with Gasteiger partial charge < -0.3 is 5.11 Å². The van der Waals surface area contributed by atoms with Gasteiger partial charge in [-0.05, 0) is 34.8 Å². The van der Waals surface area contributed by atoms with E-state index < -0.39 is 5.97 Å². The van der Waals surface area contributed by atoms with Gasteiger partial charge in [-0.3, -0.25) is 4.98 Å². The Morgan fingerprint density at radius 2 is 2.13 bits per heavy atom. The molecule has 0 amide bonds. The summed E-state index contributed by atoms with van der Waals surface area (Å²) >= 11 is 3.20. The van der Waals surface area contributed by atoms with Crippen molar-refractivity contribution in [3.05, 3.63) is 28.0 Å². The van der Waals surface area contributed by atoms with Crippen LogP contribution in [0.2, 0.25) is 0 Å². The van der Waals surface area contributed by atoms with E-state index in [2.05, 4.69) is 20.9 Å². The van der Waals surface area contributed by atoms with E-state index in [0.717, 1.165) is 18.5 Å². The number of aromatic nitrogens is 1. The molecule has 1 saturated carbocycles. The summed E-state index contributed by atoms with van der Waals surface area (Å²) in [5.41, 5.74) is 1.24. The fourth-order valence-electron chi connectivity index (χ4n) is 2.06. The summed E-state index contributed by atoms with van der Waals surface area (Å²) in [6, 6.07) is 1.70. The summed E-state index contributed by atoms with van der Waals surface area (Å²) in [6.07, 6.45) is 6.31. The number of hydrogen-bond acceptors (Lipinski definition) is 2. The molecular formula is C11H12BrNO2. The Morgan fingerprint density at radius 1 is 1.47 bits per heavy atom. The van der Waals surface area contributed by atoms with Crippen LogP contribution < -0.4 is 0 Å². The molecule has 0 atom stereocenters. The predicted octanol–water partition coefficient (Wildman–Crippen LogP) is 3.20. The fraction of sp³-hybridized carbons (Fsp3) is 0.455. The van der Waals surface area contributed by atoms with Crippen LogP contribution in [-0.2, 0) is 0 Å². The maximum atomic E-state index is 10.9. The van der Waals surface area contributed by atoms with E-state index in [-0.39, 0.29) is 0 Å². The average molecular weight is 270 g/mol. The first-order valence-electron chi connectivity index (χ1n) is 5.07. The van der Waals surface area contributed by atoms with Crippen molar-refractivity contribution in [1.82, 2.24) is 4.98 Å². The van der Waals surface area contributed by atoms with Crippen LogP contribution in [0.5, 0.6) is 0 Å². The van der Waals surface area contributed by atoms with Crippen LogP contribution in [0.3, 0.4) is 0 Å². The molecule has 0 aliphatic heterocycles. The first-order valence-corrected chi connectivity index (χ1v) is 5.86. The molecule has 1 aliphatic rings. The van der Waals surface area contributed by atoms with Crippen LogP contribution in [0.25, 0.3) is 0 Å². The van der Waals surface area contributed by atoms with E-state index in [1.165, 1.54) is 12.8 Å². The lowest BCUT2D eigenvalue weighted by Crippen LogP contribution is -2.03. The molecule has 4 heteroatoms. The molecule has 1 N–H and O–H groups in total. The van der Waals surface area contributed by atoms with Crippen LogP contribution in [0.1, 0.15) is 47.7 Å². The van der Waals surface area contributed by atoms with Crippen LogP contribution in [0, 0.1) is 0 Å². The van der Waals surface area contributed by atoms with Gasteiger partial charge in [0.1, 0.15) is 0 Å². The summed E-state index contributed by atoms with van der Waals surface area (Å²) in [4.78, 5) is 15.2. The standard InChI is InChI=1S/C11H12BrNO2/c12-9-6-13-10(5-8(9)11(14)15)7-3-1-2-4-7/h5-7H,1-4H2,(H,14,15). The average Bonchev–Trinajstić information content (AvgIpc) is 2.71. The first-order chi connectivity index (χ1) is 7.18. The lowest BCUT2D eigenvalue weighted by atomic mass is 10.0. The van der Waals surface area contributed by atoms with Gasteiger partial charge in [0.2, 0.25) is 0 Å². The van der Waals surface area contributed by atoms with Crippen LogP contribution >= 0.6 is 15.9 Å². The predicted molar refractivity (Wildman–Crippen MR) is 60.1 cm³/mol. The van der Waals surface area contributed by atoms with Crippen molar-refractivity contribution >= 4 is 21.9 Å². The van der Waals surface area contributed by atoms with E-state index in [9.17, 15) is 4.79 Å². The monoisotopic (exact) mass is 269 g/mol. The van der Waals surface area contributed by atoms with E-state index in [4.69, 9.17) is 5.11 Å². The van der Waals surface area contributed by atoms with E-state index in [1.54, 1.807) is 12.3 Å². The summed E-state index contributed by atoms with van der Waals surface area (Å²) in [7, 11) is 0. The number of rotatable bonds is 2. The normalized spacial score (nSPS) is 16.9. The topological polar surface area (TPSA) is 50.2 Å². The van der Waals surface area contributed by atoms with Gasteiger partial charge in [-0.1, -0.05) is 12.8 Å². The molecule has 0 radical (unpaired) electrons. The molecule has 80 valence electrons. The van der Waals surface area contributed by atoms with Crippen molar-refractivity contribution < 1.29 is 9.90 Å². The van der Waals surface area contributed by atoms with Gasteiger partial charge >= 0.3 is 5.97 Å². The van der Waals surface area contributed by atoms with Gasteiger partial charge in [-0.2, -0.15) is 0 Å². The van der Waals surface area contributed by atoms with Crippen molar-refractivity contribution in [1.29, 1.82) is 0 Å². The van der Waals surface area contributed by atoms with Gasteiger partial charge in [0, 0.05) is 17.8 Å². The van der Waals surface area contributed by atoms with E-state index >= 15 is 0 Å². The van der Waals surface area contributed by atoms with Crippen molar-refractivity contribution in [2.75, 3.05) is 0 Å². The number of carbonyl (C=O) groups is 1. The molecule has 3 nitrogen and oxygen atoms in total. The zero-order valence-electron chi connectivity index (χ0n) is 8.24. The number of halogens is 1. The van der Waals surface area contributed by atoms with Crippen molar-refractivity contribution in [3.8, 4) is 0 Å². The molecule has 0 saturated heterocycles. The summed E-state index contributed by atoms with van der Waals surface area (Å²) in [5, 5.41) is 8.98. The number of carboxylic acids is 1. The molecule has 0 unspecified atom stereocenters. The Balaban J connectivity index is 2.33. The Labute approximate surface area is 96.7 Å². The van der Waals surface area contributed by atoms with Gasteiger partial charge in [0.15, 0.2) is 0 Å². The smallest absolute Gasteiger partial charge is 0.336 e. The molecule has 1 aliphatic carbocycles. The zero-order chi connectivity index (χ0) is 10.8. The lowest BCUT2D eigenvalue weighted by Gasteiger charge is -2.09. The van der Waals surface area contributed by atoms with Gasteiger partial charge in [-0.15, -0.1) is 0 Å². The highest BCUT2D eigenvalue weighted by Gasteiger charge is 2.20. The maximum absolute atomic E-state index is 10.9. The summed E-state index contributed by atoms with van der Waals surface area (Å²) in [5.74, 6) is -0.445. The van der Waals surface area contributed by atoms with Crippen LogP contribution in [-0.4, -0.2) is 16.1 Å². The minimum absolute atomic E-state index is 0.312. The van der Waals surface area contributed by atoms with Gasteiger partial charge in [-0.25, -0.2) is 4.79 Å². The van der Waals surface area contributed by atoms with Gasteiger partial charge in [0.05, 0.1) is 10.0 Å². The minimum Gasteiger partial charge on any atom is -0.478 e. The molecule has 1 heterocycles. The molecule has 0 aromatic carbocycles. The third kappa shape index (κ3) is 2.20. The Hall–Kier alpha value is -0.900. The largest absolute Gasteiger partial charge is 0.478 e. The van der Waals surface area contributed by atoms with Crippen molar-refractivity contribution in [2.45, 2.75) is 31.6 Å². The lowest BCUT2D eigenvalue weighted by molar-refractivity contribution is 0.0695. The second-order valence-electron chi connectivity index (χ2n) is 3.88. The van der Waals surface area contributed by atoms with Crippen LogP contribution in [0.4, 0.5) is 0 Å². The Kier molecular flexibility index (Phi) is 3.05. The van der Waals surface area contributed by atoms with Crippen molar-refractivity contribution in [2.24, 2.45) is 0 Å². The number of hydrogen-bond donors (Lipinski definition) is 1. The molecule has 15 heavy (non-hydrogen) atoms. The molecule has 1 aromatic rings. The summed E-state index contributed by atoms with van der Waals surface area (Å²) in [6.45, 7) is 0. The third-order valence-electron chi connectivity index (χ3n) is 2.88. The fourth-order valence-corrected chi connectivity index (χ4v) is 2.45. The van der Waals surface area contributed by atoms with Gasteiger partial charge in [0.25, 0.3) is 0 Å². The zero-order valence-corrected chi connectivity index (χ0v) is 9.83. The molecule has 0 spiro atoms. The SMILES string of the molecule is O=C(O)c1cc(C2CCCC2)ncc1Br. The second kappa shape index (κ2) is 4.31. The maximum Gasteiger partial charge on any atom is 0.336 e. The van der Waals surface area contributed by atoms with Crippen LogP contribution in [0.15, 0.2) is 16.7 Å². The van der Waals surface area contributed by atoms with Crippen molar-refractivity contribution in [3.63, 3.8) is 0 Å². The quantitative estimate of drug-likeness (QED) is 0.897. The number of carboxylic acid groups (broad SMARTS) is 1. The second-order valence-corrected chi connectivity index (χ2v) is 4.73. The highest BCUT2D eigenvalue weighted by molar-refractivity contribution is 9.10. The molecule has 1 aromatic heterocycles. The first kappa shape index (κ1) is 10.6. The number of pyridine rings is 1. The Morgan fingerprint density at radius 3 is 2.73 bits per heavy atom. The highest BCUT2D eigenvalue weighted by atomic mass is 79.9. The Bertz CT molecular complexity index is 386. The highest BCUT2D eigenvalue weighted by Crippen LogP contribution is 2.34. The minimum atomic E-state index is -0.900.